The van der Waals surface area contributed by atoms with E-state index >= 15 is 0 Å². The molecule has 0 aromatic heterocycles. The fourth-order valence-electron chi connectivity index (χ4n) is 2.64. The first-order valence-electron chi connectivity index (χ1n) is 8.82. The molecular formula is C23H20FNO3. The van der Waals surface area contributed by atoms with E-state index in [9.17, 15) is 14.0 Å². The quantitative estimate of drug-likeness (QED) is 0.634. The van der Waals surface area contributed by atoms with Crippen LogP contribution in [0.3, 0.4) is 0 Å². The van der Waals surface area contributed by atoms with Crippen molar-refractivity contribution in [1.29, 1.82) is 0 Å². The highest BCUT2D eigenvalue weighted by Crippen LogP contribution is 2.17. The number of halogens is 1. The Bertz CT molecular complexity index is 995. The summed E-state index contributed by atoms with van der Waals surface area (Å²) in [5, 5.41) is 2.79. The van der Waals surface area contributed by atoms with Gasteiger partial charge >= 0.3 is 0 Å². The molecule has 1 amide bonds. The van der Waals surface area contributed by atoms with E-state index in [-0.39, 0.29) is 24.1 Å². The maximum atomic E-state index is 13.0. The number of hydrogen-bond acceptors (Lipinski definition) is 3. The van der Waals surface area contributed by atoms with Crippen molar-refractivity contribution in [2.75, 3.05) is 11.9 Å². The Morgan fingerprint density at radius 2 is 1.46 bits per heavy atom. The number of nitrogens with one attached hydrogen (secondary N) is 1. The van der Waals surface area contributed by atoms with Gasteiger partial charge in [0.15, 0.2) is 12.4 Å². The number of ketones is 1. The predicted octanol–water partition coefficient (Wildman–Crippen LogP) is 4.69. The largest absolute Gasteiger partial charge is 0.484 e. The first-order valence-corrected chi connectivity index (χ1v) is 8.82. The average Bonchev–Trinajstić information content (AvgIpc) is 2.70. The Labute approximate surface area is 163 Å². The molecule has 0 spiro atoms. The minimum Gasteiger partial charge on any atom is -0.484 e. The molecule has 3 aromatic rings. The van der Waals surface area contributed by atoms with Gasteiger partial charge < -0.3 is 10.1 Å². The maximum Gasteiger partial charge on any atom is 0.262 e. The summed E-state index contributed by atoms with van der Waals surface area (Å²) in [6.45, 7) is 3.85. The van der Waals surface area contributed by atoms with Gasteiger partial charge in [0.1, 0.15) is 11.6 Å². The molecule has 0 bridgehead atoms. The van der Waals surface area contributed by atoms with Crippen molar-refractivity contribution in [2.24, 2.45) is 0 Å². The Kier molecular flexibility index (Phi) is 5.84. The number of hydrogen-bond donors (Lipinski definition) is 1. The van der Waals surface area contributed by atoms with Crippen LogP contribution in [0, 0.1) is 19.7 Å². The number of amides is 1. The van der Waals surface area contributed by atoms with E-state index in [2.05, 4.69) is 5.32 Å². The lowest BCUT2D eigenvalue weighted by molar-refractivity contribution is -0.118. The lowest BCUT2D eigenvalue weighted by Gasteiger charge is -2.09. The summed E-state index contributed by atoms with van der Waals surface area (Å²) in [6, 6.07) is 17.6. The predicted molar refractivity (Wildman–Crippen MR) is 106 cm³/mol. The summed E-state index contributed by atoms with van der Waals surface area (Å²) in [5.74, 6) is -0.390. The van der Waals surface area contributed by atoms with Crippen LogP contribution < -0.4 is 10.1 Å². The number of aryl methyl sites for hydroxylation is 2. The fraction of sp³-hybridized carbons (Fsp3) is 0.130. The highest BCUT2D eigenvalue weighted by atomic mass is 19.1. The van der Waals surface area contributed by atoms with Crippen LogP contribution in [0.4, 0.5) is 10.1 Å². The van der Waals surface area contributed by atoms with Gasteiger partial charge in [-0.2, -0.15) is 0 Å². The Balaban J connectivity index is 1.56. The molecule has 3 aromatic carbocycles. The molecule has 0 aliphatic rings. The van der Waals surface area contributed by atoms with Crippen LogP contribution in [0.5, 0.6) is 5.75 Å². The number of anilines is 1. The van der Waals surface area contributed by atoms with Gasteiger partial charge in [0.05, 0.1) is 0 Å². The van der Waals surface area contributed by atoms with E-state index in [4.69, 9.17) is 4.74 Å². The van der Waals surface area contributed by atoms with Crippen molar-refractivity contribution in [3.05, 3.63) is 94.8 Å². The van der Waals surface area contributed by atoms with Crippen molar-refractivity contribution in [3.63, 3.8) is 0 Å². The summed E-state index contributed by atoms with van der Waals surface area (Å²) < 4.78 is 18.4. The molecule has 0 saturated carbocycles. The zero-order chi connectivity index (χ0) is 20.1. The summed E-state index contributed by atoms with van der Waals surface area (Å²) >= 11 is 0. The normalized spacial score (nSPS) is 10.4. The third-order valence-electron chi connectivity index (χ3n) is 4.38. The van der Waals surface area contributed by atoms with Crippen molar-refractivity contribution in [1.82, 2.24) is 0 Å². The fourth-order valence-corrected chi connectivity index (χ4v) is 2.64. The zero-order valence-electron chi connectivity index (χ0n) is 15.7. The van der Waals surface area contributed by atoms with Gasteiger partial charge in [-0.1, -0.05) is 6.07 Å². The third-order valence-corrected chi connectivity index (χ3v) is 4.38. The van der Waals surface area contributed by atoms with Crippen molar-refractivity contribution >= 4 is 17.4 Å². The smallest absolute Gasteiger partial charge is 0.262 e. The zero-order valence-corrected chi connectivity index (χ0v) is 15.7. The highest BCUT2D eigenvalue weighted by molar-refractivity contribution is 6.09. The van der Waals surface area contributed by atoms with E-state index in [1.807, 2.05) is 32.0 Å². The van der Waals surface area contributed by atoms with Gasteiger partial charge in [0.25, 0.3) is 5.91 Å². The molecule has 0 aliphatic carbocycles. The van der Waals surface area contributed by atoms with Crippen LogP contribution in [-0.2, 0) is 4.79 Å². The summed E-state index contributed by atoms with van der Waals surface area (Å²) in [7, 11) is 0. The van der Waals surface area contributed by atoms with E-state index in [0.29, 0.717) is 16.9 Å². The van der Waals surface area contributed by atoms with Crippen LogP contribution in [0.25, 0.3) is 0 Å². The molecule has 5 heteroatoms. The lowest BCUT2D eigenvalue weighted by atomic mass is 10.0. The maximum absolute atomic E-state index is 13.0. The van der Waals surface area contributed by atoms with Crippen molar-refractivity contribution in [3.8, 4) is 5.75 Å². The van der Waals surface area contributed by atoms with Gasteiger partial charge in [-0.05, 0) is 85.6 Å². The van der Waals surface area contributed by atoms with Crippen LogP contribution in [-0.4, -0.2) is 18.3 Å². The SMILES string of the molecule is Cc1ccc(NC(=O)COc2ccc(C(=O)c3ccc(F)cc3)cc2)cc1C. The highest BCUT2D eigenvalue weighted by Gasteiger charge is 2.10. The minimum atomic E-state index is -0.389. The number of carbonyl (C=O) groups is 2. The lowest BCUT2D eigenvalue weighted by Crippen LogP contribution is -2.20. The summed E-state index contributed by atoms with van der Waals surface area (Å²) in [5.41, 5.74) is 3.84. The second kappa shape index (κ2) is 8.48. The molecule has 0 radical (unpaired) electrons. The monoisotopic (exact) mass is 377 g/mol. The van der Waals surface area contributed by atoms with E-state index < -0.39 is 0 Å². The minimum absolute atomic E-state index is 0.141. The van der Waals surface area contributed by atoms with E-state index in [1.54, 1.807) is 24.3 Å². The van der Waals surface area contributed by atoms with Gasteiger partial charge in [0.2, 0.25) is 0 Å². The van der Waals surface area contributed by atoms with Crippen molar-refractivity contribution < 1.29 is 18.7 Å². The molecule has 142 valence electrons. The number of ether oxygens (including phenoxy) is 1. The molecule has 0 heterocycles. The van der Waals surface area contributed by atoms with Gasteiger partial charge in [-0.25, -0.2) is 4.39 Å². The molecule has 0 fully saturated rings. The van der Waals surface area contributed by atoms with Crippen LogP contribution in [0.1, 0.15) is 27.0 Å². The standard InChI is InChI=1S/C23H20FNO3/c1-15-3-10-20(13-16(15)2)25-22(26)14-28-21-11-6-18(7-12-21)23(27)17-4-8-19(24)9-5-17/h3-13H,14H2,1-2H3,(H,25,26). The molecular weight excluding hydrogens is 357 g/mol. The second-order valence-corrected chi connectivity index (χ2v) is 6.50. The molecule has 0 unspecified atom stereocenters. The summed E-state index contributed by atoms with van der Waals surface area (Å²) in [4.78, 5) is 24.4. The average molecular weight is 377 g/mol. The van der Waals surface area contributed by atoms with Crippen LogP contribution in [0.15, 0.2) is 66.7 Å². The first kappa shape index (κ1) is 19.3. The molecule has 0 saturated heterocycles. The van der Waals surface area contributed by atoms with Gasteiger partial charge in [-0.15, -0.1) is 0 Å². The number of benzene rings is 3. The van der Waals surface area contributed by atoms with Gasteiger partial charge in [-0.3, -0.25) is 9.59 Å². The first-order chi connectivity index (χ1) is 13.4. The van der Waals surface area contributed by atoms with E-state index in [0.717, 1.165) is 16.8 Å². The van der Waals surface area contributed by atoms with Crippen molar-refractivity contribution in [2.45, 2.75) is 13.8 Å². The Hall–Kier alpha value is -3.47. The third kappa shape index (κ3) is 4.82. The molecule has 1 N–H and O–H groups in total. The number of rotatable bonds is 6. The molecule has 28 heavy (non-hydrogen) atoms. The van der Waals surface area contributed by atoms with Crippen LogP contribution >= 0.6 is 0 Å². The topological polar surface area (TPSA) is 55.4 Å². The molecule has 0 aliphatic heterocycles. The number of carbonyl (C=O) groups excluding carboxylic acids is 2. The molecule has 0 atom stereocenters. The van der Waals surface area contributed by atoms with E-state index in [1.165, 1.54) is 24.3 Å². The van der Waals surface area contributed by atoms with Crippen LogP contribution in [0.2, 0.25) is 0 Å². The molecule has 4 nitrogen and oxygen atoms in total. The Morgan fingerprint density at radius 1 is 0.857 bits per heavy atom. The summed E-state index contributed by atoms with van der Waals surface area (Å²) in [6.07, 6.45) is 0. The van der Waals surface area contributed by atoms with Gasteiger partial charge in [0, 0.05) is 16.8 Å². The molecule has 3 rings (SSSR count). The Morgan fingerprint density at radius 3 is 2.07 bits per heavy atom. The second-order valence-electron chi connectivity index (χ2n) is 6.50.